The van der Waals surface area contributed by atoms with E-state index in [1.807, 2.05) is 22.6 Å². The number of methoxy groups -OCH3 is 1. The van der Waals surface area contributed by atoms with Crippen molar-refractivity contribution < 1.29 is 14.3 Å². The van der Waals surface area contributed by atoms with Crippen LogP contribution in [-0.2, 0) is 9.53 Å². The largest absolute Gasteiger partial charge is 0.463 e. The second kappa shape index (κ2) is 7.80. The molecule has 0 N–H and O–H groups in total. The van der Waals surface area contributed by atoms with E-state index >= 15 is 0 Å². The molecule has 0 spiro atoms. The summed E-state index contributed by atoms with van der Waals surface area (Å²) >= 11 is 2.00. The minimum absolute atomic E-state index is 0.157. The normalized spacial score (nSPS) is 13.4. The number of ether oxygens (including phenoxy) is 1. The van der Waals surface area contributed by atoms with Crippen molar-refractivity contribution in [3.05, 3.63) is 57.5 Å². The summed E-state index contributed by atoms with van der Waals surface area (Å²) in [5.74, 6) is -0.917. The van der Waals surface area contributed by atoms with E-state index in [-0.39, 0.29) is 18.6 Å². The third kappa shape index (κ3) is 3.90. The lowest BCUT2D eigenvalue weighted by Gasteiger charge is -2.17. The van der Waals surface area contributed by atoms with E-state index in [0.717, 1.165) is 0 Å². The first-order chi connectivity index (χ1) is 9.59. The van der Waals surface area contributed by atoms with Gasteiger partial charge in [0.25, 0.3) is 0 Å². The van der Waals surface area contributed by atoms with Gasteiger partial charge in [-0.25, -0.2) is 11.4 Å². The van der Waals surface area contributed by atoms with Crippen molar-refractivity contribution in [1.82, 2.24) is 0 Å². The van der Waals surface area contributed by atoms with Crippen LogP contribution in [0.5, 0.6) is 0 Å². The summed E-state index contributed by atoms with van der Waals surface area (Å²) in [6, 6.07) is 8.63. The Labute approximate surface area is 131 Å². The van der Waals surface area contributed by atoms with Crippen molar-refractivity contribution in [3.8, 4) is 0 Å². The second-order valence-electron chi connectivity index (χ2n) is 4.17. The number of hydrogen-bond donors (Lipinski definition) is 0. The molecular formula is C15H14INO3. The third-order valence-corrected chi connectivity index (χ3v) is 3.38. The topological polar surface area (TPSA) is 47.7 Å². The lowest BCUT2D eigenvalue weighted by atomic mass is 9.88. The Morgan fingerprint density at radius 1 is 1.40 bits per heavy atom. The highest BCUT2D eigenvalue weighted by molar-refractivity contribution is 14.1. The van der Waals surface area contributed by atoms with E-state index in [0.29, 0.717) is 5.56 Å². The van der Waals surface area contributed by atoms with Gasteiger partial charge in [-0.3, -0.25) is 9.64 Å². The first kappa shape index (κ1) is 16.4. The molecule has 1 aromatic carbocycles. The molecule has 1 atom stereocenters. The van der Waals surface area contributed by atoms with E-state index in [1.54, 1.807) is 40.5 Å². The minimum atomic E-state index is -1.48. The number of ketones is 1. The average Bonchev–Trinajstić information content (AvgIpc) is 2.51. The van der Waals surface area contributed by atoms with Crippen molar-refractivity contribution in [1.29, 1.82) is 0 Å². The molecule has 0 amide bonds. The first-order valence-electron chi connectivity index (χ1n) is 5.90. The van der Waals surface area contributed by atoms with E-state index in [2.05, 4.69) is 4.85 Å². The van der Waals surface area contributed by atoms with Gasteiger partial charge in [-0.1, -0.05) is 59.0 Å². The molecule has 0 aromatic heterocycles. The van der Waals surface area contributed by atoms with Gasteiger partial charge in [0, 0.05) is 5.56 Å². The molecule has 20 heavy (non-hydrogen) atoms. The molecule has 0 unspecified atom stereocenters. The fourth-order valence-electron chi connectivity index (χ4n) is 1.78. The van der Waals surface area contributed by atoms with Gasteiger partial charge < -0.3 is 4.74 Å². The molecule has 0 saturated heterocycles. The van der Waals surface area contributed by atoms with Crippen LogP contribution in [-0.4, -0.2) is 24.4 Å². The predicted molar refractivity (Wildman–Crippen MR) is 84.5 cm³/mol. The molecular weight excluding hydrogens is 369 g/mol. The van der Waals surface area contributed by atoms with Crippen LogP contribution in [0.25, 0.3) is 4.85 Å². The van der Waals surface area contributed by atoms with Crippen molar-refractivity contribution in [2.75, 3.05) is 7.11 Å². The molecule has 0 heterocycles. The number of benzene rings is 1. The van der Waals surface area contributed by atoms with Crippen LogP contribution in [0.15, 0.2) is 40.5 Å². The van der Waals surface area contributed by atoms with Gasteiger partial charge in [-0.05, 0) is 4.08 Å². The fourth-order valence-corrected chi connectivity index (χ4v) is 2.03. The maximum Gasteiger partial charge on any atom is 0.393 e. The van der Waals surface area contributed by atoms with Gasteiger partial charge in [0.05, 0.1) is 13.5 Å². The van der Waals surface area contributed by atoms with Crippen molar-refractivity contribution in [2.24, 2.45) is 0 Å². The zero-order chi connectivity index (χ0) is 15.0. The summed E-state index contributed by atoms with van der Waals surface area (Å²) in [7, 11) is 1.23. The average molecular weight is 383 g/mol. The minimum Gasteiger partial charge on any atom is -0.463 e. The lowest BCUT2D eigenvalue weighted by molar-refractivity contribution is -0.145. The molecule has 0 fully saturated rings. The molecule has 0 bridgehead atoms. The highest BCUT2D eigenvalue weighted by Gasteiger charge is 2.48. The Morgan fingerprint density at radius 3 is 2.55 bits per heavy atom. The number of esters is 1. The van der Waals surface area contributed by atoms with Gasteiger partial charge in [0.2, 0.25) is 0 Å². The number of rotatable bonds is 6. The fraction of sp³-hybridized carbons (Fsp3) is 0.267. The molecule has 104 valence electrons. The molecule has 5 heteroatoms. The van der Waals surface area contributed by atoms with Gasteiger partial charge in [0.1, 0.15) is 6.42 Å². The van der Waals surface area contributed by atoms with Crippen LogP contribution < -0.4 is 0 Å². The summed E-state index contributed by atoms with van der Waals surface area (Å²) in [6.45, 7) is 7.31. The number of carbonyl (C=O) groups excluding carboxylic acids is 2. The van der Waals surface area contributed by atoms with Crippen LogP contribution >= 0.6 is 22.6 Å². The Bertz CT molecular complexity index is 548. The highest BCUT2D eigenvalue weighted by atomic mass is 127. The maximum atomic E-state index is 12.2. The molecule has 0 radical (unpaired) electrons. The summed E-state index contributed by atoms with van der Waals surface area (Å²) in [5.41, 5.74) is -0.994. The number of Topliss-reactive ketones (excluding diaryl/α,β-unsaturated/α-hetero) is 1. The first-order valence-corrected chi connectivity index (χ1v) is 7.14. The van der Waals surface area contributed by atoms with Crippen molar-refractivity contribution in [2.45, 2.75) is 18.4 Å². The van der Waals surface area contributed by atoms with Crippen LogP contribution in [0, 0.1) is 6.57 Å². The number of hydrogen-bond acceptors (Lipinski definition) is 3. The van der Waals surface area contributed by atoms with E-state index in [9.17, 15) is 9.59 Å². The predicted octanol–water partition coefficient (Wildman–Crippen LogP) is 3.43. The molecule has 0 aliphatic heterocycles. The molecule has 0 aliphatic carbocycles. The Kier molecular flexibility index (Phi) is 6.39. The van der Waals surface area contributed by atoms with E-state index < -0.39 is 11.5 Å². The van der Waals surface area contributed by atoms with Crippen molar-refractivity contribution >= 4 is 34.3 Å². The van der Waals surface area contributed by atoms with Crippen LogP contribution in [0.4, 0.5) is 0 Å². The van der Waals surface area contributed by atoms with E-state index in [1.165, 1.54) is 7.11 Å². The summed E-state index contributed by atoms with van der Waals surface area (Å²) < 4.78 is 6.42. The zero-order valence-electron chi connectivity index (χ0n) is 11.0. The van der Waals surface area contributed by atoms with Gasteiger partial charge in [-0.2, -0.15) is 0 Å². The number of nitrogens with zero attached hydrogens (tertiary/aromatic N) is 1. The van der Waals surface area contributed by atoms with Crippen LogP contribution in [0.3, 0.4) is 0 Å². The van der Waals surface area contributed by atoms with Crippen molar-refractivity contribution in [3.63, 3.8) is 0 Å². The summed E-state index contributed by atoms with van der Waals surface area (Å²) in [6.07, 6.45) is 1.66. The van der Waals surface area contributed by atoms with E-state index in [4.69, 9.17) is 11.3 Å². The highest BCUT2D eigenvalue weighted by Crippen LogP contribution is 2.26. The van der Waals surface area contributed by atoms with Crippen LogP contribution in [0.1, 0.15) is 23.2 Å². The summed E-state index contributed by atoms with van der Waals surface area (Å²) in [5, 5.41) is 0. The Hall–Kier alpha value is -1.68. The quantitative estimate of drug-likeness (QED) is 0.327. The Balaban J connectivity index is 3.04. The third-order valence-electron chi connectivity index (χ3n) is 2.87. The number of halogens is 1. The SMILES string of the molecule is [C-]#[N+][C@](C/C=C/I)(CC(=O)c1ccccc1)C(=O)OC. The monoisotopic (exact) mass is 383 g/mol. The van der Waals surface area contributed by atoms with Gasteiger partial charge in [0.15, 0.2) is 5.78 Å². The standard InChI is InChI=1S/C15H14INO3/c1-17-15(9-6-10-16,14(19)20-2)11-13(18)12-7-4-3-5-8-12/h3-8,10H,9,11H2,2H3/b10-6+/t15-/m1/s1. The molecule has 0 aliphatic rings. The number of carbonyl (C=O) groups is 2. The second-order valence-corrected chi connectivity index (χ2v) is 4.89. The van der Waals surface area contributed by atoms with Gasteiger partial charge in [-0.15, -0.1) is 0 Å². The Morgan fingerprint density at radius 2 is 2.05 bits per heavy atom. The van der Waals surface area contributed by atoms with Gasteiger partial charge >= 0.3 is 11.5 Å². The molecule has 1 rings (SSSR count). The van der Waals surface area contributed by atoms with Crippen LogP contribution in [0.2, 0.25) is 0 Å². The molecule has 4 nitrogen and oxygen atoms in total. The molecule has 0 saturated carbocycles. The lowest BCUT2D eigenvalue weighted by Crippen LogP contribution is -2.38. The maximum absolute atomic E-state index is 12.2. The smallest absolute Gasteiger partial charge is 0.393 e. The summed E-state index contributed by atoms with van der Waals surface area (Å²) in [4.78, 5) is 27.5. The molecule has 1 aromatic rings. The zero-order valence-corrected chi connectivity index (χ0v) is 13.2.